The Balaban J connectivity index is 1.77. The molecule has 1 N–H and O–H groups in total. The largest absolute Gasteiger partial charge is 0.324 e. The van der Waals surface area contributed by atoms with Gasteiger partial charge in [0.25, 0.3) is 0 Å². The molecule has 0 bridgehead atoms. The smallest absolute Gasteiger partial charge is 0.244 e. The van der Waals surface area contributed by atoms with E-state index < -0.39 is 5.82 Å². The standard InChI is InChI=1S/C17H14BrFN2O2/c18-12-5-6-15-11(8-12)4-7-17(23)21(15)10-16(22)20-14-3-1-2-13(19)9-14/h1-3,5-6,8-9H,4,7,10H2,(H,20,22). The molecule has 118 valence electrons. The first-order valence-electron chi connectivity index (χ1n) is 7.17. The summed E-state index contributed by atoms with van der Waals surface area (Å²) in [5.74, 6) is -0.874. The van der Waals surface area contributed by atoms with E-state index >= 15 is 0 Å². The fraction of sp³-hybridized carbons (Fsp3) is 0.176. The SMILES string of the molecule is O=C(CN1C(=O)CCc2cc(Br)ccc21)Nc1cccc(F)c1. The molecule has 0 saturated heterocycles. The third-order valence-corrected chi connectivity index (χ3v) is 4.14. The Kier molecular flexibility index (Phi) is 4.43. The van der Waals surface area contributed by atoms with Gasteiger partial charge in [-0.25, -0.2) is 4.39 Å². The number of fused-ring (bicyclic) bond motifs is 1. The molecule has 2 aromatic carbocycles. The van der Waals surface area contributed by atoms with E-state index in [1.807, 2.05) is 18.2 Å². The van der Waals surface area contributed by atoms with Gasteiger partial charge in [-0.3, -0.25) is 9.59 Å². The minimum absolute atomic E-state index is 0.0887. The number of halogens is 2. The molecule has 23 heavy (non-hydrogen) atoms. The molecule has 0 unspecified atom stereocenters. The minimum Gasteiger partial charge on any atom is -0.324 e. The van der Waals surface area contributed by atoms with Crippen LogP contribution in [0.25, 0.3) is 0 Å². The van der Waals surface area contributed by atoms with Crippen LogP contribution in [0.2, 0.25) is 0 Å². The molecule has 0 saturated carbocycles. The van der Waals surface area contributed by atoms with Crippen molar-refractivity contribution < 1.29 is 14.0 Å². The number of hydrogen-bond donors (Lipinski definition) is 1. The Morgan fingerprint density at radius 1 is 1.22 bits per heavy atom. The molecule has 4 nitrogen and oxygen atoms in total. The molecule has 1 heterocycles. The summed E-state index contributed by atoms with van der Waals surface area (Å²) in [5, 5.41) is 2.61. The van der Waals surface area contributed by atoms with E-state index in [1.165, 1.54) is 23.1 Å². The number of aryl methyl sites for hydroxylation is 1. The Labute approximate surface area is 141 Å². The zero-order valence-corrected chi connectivity index (χ0v) is 13.8. The highest BCUT2D eigenvalue weighted by atomic mass is 79.9. The van der Waals surface area contributed by atoms with Crippen LogP contribution in [0, 0.1) is 5.82 Å². The molecule has 1 aliphatic rings. The maximum absolute atomic E-state index is 13.2. The fourth-order valence-electron chi connectivity index (χ4n) is 2.61. The molecular formula is C17H14BrFN2O2. The lowest BCUT2D eigenvalue weighted by Crippen LogP contribution is -2.40. The zero-order chi connectivity index (χ0) is 16.4. The highest BCUT2D eigenvalue weighted by Crippen LogP contribution is 2.30. The normalized spacial score (nSPS) is 13.7. The van der Waals surface area contributed by atoms with Gasteiger partial charge in [0.15, 0.2) is 0 Å². The summed E-state index contributed by atoms with van der Waals surface area (Å²) in [7, 11) is 0. The maximum atomic E-state index is 13.2. The summed E-state index contributed by atoms with van der Waals surface area (Å²) in [5.41, 5.74) is 2.15. The molecular weight excluding hydrogens is 363 g/mol. The van der Waals surface area contributed by atoms with Crippen LogP contribution in [-0.4, -0.2) is 18.4 Å². The molecule has 0 atom stereocenters. The first-order chi connectivity index (χ1) is 11.0. The Morgan fingerprint density at radius 2 is 2.04 bits per heavy atom. The van der Waals surface area contributed by atoms with Crippen LogP contribution in [0.1, 0.15) is 12.0 Å². The van der Waals surface area contributed by atoms with E-state index in [0.29, 0.717) is 18.5 Å². The number of carbonyl (C=O) groups is 2. The lowest BCUT2D eigenvalue weighted by atomic mass is 10.0. The summed E-state index contributed by atoms with van der Waals surface area (Å²) < 4.78 is 14.1. The predicted molar refractivity (Wildman–Crippen MR) is 89.8 cm³/mol. The van der Waals surface area contributed by atoms with Crippen LogP contribution < -0.4 is 10.2 Å². The van der Waals surface area contributed by atoms with Gasteiger partial charge in [-0.15, -0.1) is 0 Å². The quantitative estimate of drug-likeness (QED) is 0.890. The number of hydrogen-bond acceptors (Lipinski definition) is 2. The number of benzene rings is 2. The summed E-state index contributed by atoms with van der Waals surface area (Å²) in [6.07, 6.45) is 1.03. The van der Waals surface area contributed by atoms with Crippen LogP contribution in [-0.2, 0) is 16.0 Å². The minimum atomic E-state index is -0.424. The second-order valence-electron chi connectivity index (χ2n) is 5.31. The van der Waals surface area contributed by atoms with Crippen molar-refractivity contribution in [2.75, 3.05) is 16.8 Å². The summed E-state index contributed by atoms with van der Waals surface area (Å²) in [4.78, 5) is 25.8. The van der Waals surface area contributed by atoms with Crippen LogP contribution in [0.5, 0.6) is 0 Å². The number of nitrogens with zero attached hydrogens (tertiary/aromatic N) is 1. The van der Waals surface area contributed by atoms with Gasteiger partial charge < -0.3 is 10.2 Å². The second-order valence-corrected chi connectivity index (χ2v) is 6.23. The average Bonchev–Trinajstić information content (AvgIpc) is 2.50. The van der Waals surface area contributed by atoms with Gasteiger partial charge in [-0.2, -0.15) is 0 Å². The van der Waals surface area contributed by atoms with E-state index in [-0.39, 0.29) is 18.4 Å². The van der Waals surface area contributed by atoms with Crippen LogP contribution in [0.15, 0.2) is 46.9 Å². The van der Waals surface area contributed by atoms with Gasteiger partial charge in [-0.1, -0.05) is 22.0 Å². The van der Waals surface area contributed by atoms with Gasteiger partial charge in [0, 0.05) is 22.3 Å². The third-order valence-electron chi connectivity index (χ3n) is 3.65. The Hall–Kier alpha value is -2.21. The predicted octanol–water partition coefficient (Wildman–Crippen LogP) is 3.51. The number of amides is 2. The number of nitrogens with one attached hydrogen (secondary N) is 1. The van der Waals surface area contributed by atoms with E-state index in [0.717, 1.165) is 15.7 Å². The van der Waals surface area contributed by atoms with Crippen LogP contribution in [0.4, 0.5) is 15.8 Å². The monoisotopic (exact) mass is 376 g/mol. The van der Waals surface area contributed by atoms with E-state index in [1.54, 1.807) is 6.07 Å². The van der Waals surface area contributed by atoms with E-state index in [9.17, 15) is 14.0 Å². The molecule has 2 amide bonds. The Morgan fingerprint density at radius 3 is 2.83 bits per heavy atom. The summed E-state index contributed by atoms with van der Waals surface area (Å²) >= 11 is 3.41. The molecule has 0 fully saturated rings. The van der Waals surface area contributed by atoms with Crippen molar-refractivity contribution in [1.29, 1.82) is 0 Å². The lowest BCUT2D eigenvalue weighted by molar-refractivity contribution is -0.121. The van der Waals surface area contributed by atoms with Crippen molar-refractivity contribution in [3.63, 3.8) is 0 Å². The topological polar surface area (TPSA) is 49.4 Å². The highest BCUT2D eigenvalue weighted by Gasteiger charge is 2.26. The van der Waals surface area contributed by atoms with Crippen molar-refractivity contribution in [1.82, 2.24) is 0 Å². The third kappa shape index (κ3) is 3.59. The first kappa shape index (κ1) is 15.7. The van der Waals surface area contributed by atoms with Crippen molar-refractivity contribution in [2.45, 2.75) is 12.8 Å². The summed E-state index contributed by atoms with van der Waals surface area (Å²) in [6, 6.07) is 11.3. The van der Waals surface area contributed by atoms with Crippen LogP contribution in [0.3, 0.4) is 0 Å². The van der Waals surface area contributed by atoms with Gasteiger partial charge in [0.1, 0.15) is 12.4 Å². The van der Waals surface area contributed by atoms with E-state index in [2.05, 4.69) is 21.2 Å². The van der Waals surface area contributed by atoms with Crippen molar-refractivity contribution in [3.05, 3.63) is 58.3 Å². The number of carbonyl (C=O) groups excluding carboxylic acids is 2. The molecule has 0 aromatic heterocycles. The Bertz CT molecular complexity index is 779. The van der Waals surface area contributed by atoms with Gasteiger partial charge in [0.2, 0.25) is 11.8 Å². The molecule has 0 aliphatic carbocycles. The van der Waals surface area contributed by atoms with Crippen molar-refractivity contribution in [2.24, 2.45) is 0 Å². The van der Waals surface area contributed by atoms with Crippen molar-refractivity contribution in [3.8, 4) is 0 Å². The van der Waals surface area contributed by atoms with Gasteiger partial charge in [0.05, 0.1) is 0 Å². The molecule has 6 heteroatoms. The lowest BCUT2D eigenvalue weighted by Gasteiger charge is -2.29. The highest BCUT2D eigenvalue weighted by molar-refractivity contribution is 9.10. The molecule has 2 aromatic rings. The van der Waals surface area contributed by atoms with E-state index in [4.69, 9.17) is 0 Å². The van der Waals surface area contributed by atoms with Gasteiger partial charge in [-0.05, 0) is 48.4 Å². The maximum Gasteiger partial charge on any atom is 0.244 e. The first-order valence-corrected chi connectivity index (χ1v) is 7.96. The average molecular weight is 377 g/mol. The van der Waals surface area contributed by atoms with Gasteiger partial charge >= 0.3 is 0 Å². The molecule has 0 radical (unpaired) electrons. The molecule has 1 aliphatic heterocycles. The fourth-order valence-corrected chi connectivity index (χ4v) is 3.02. The summed E-state index contributed by atoms with van der Waals surface area (Å²) in [6.45, 7) is -0.0933. The van der Waals surface area contributed by atoms with Crippen molar-refractivity contribution >= 4 is 39.1 Å². The number of rotatable bonds is 3. The van der Waals surface area contributed by atoms with Crippen LogP contribution >= 0.6 is 15.9 Å². The molecule has 3 rings (SSSR count). The number of anilines is 2. The second kappa shape index (κ2) is 6.50. The zero-order valence-electron chi connectivity index (χ0n) is 12.2. The molecule has 0 spiro atoms.